The maximum absolute atomic E-state index is 14.5. The molecule has 5 aromatic rings. The van der Waals surface area contributed by atoms with Gasteiger partial charge in [-0.1, -0.05) is 28.9 Å². The quantitative estimate of drug-likeness (QED) is 0.159. The van der Waals surface area contributed by atoms with E-state index in [1.807, 2.05) is 0 Å². The number of aromatic nitrogens is 6. The number of pyridine rings is 1. The number of carbonyl (C=O) groups is 1. The number of nitrogens with one attached hydrogen (secondary N) is 2. The molecule has 2 aromatic carbocycles. The van der Waals surface area contributed by atoms with Gasteiger partial charge in [0.1, 0.15) is 18.2 Å². The molecule has 0 radical (unpaired) electrons. The number of amides is 1. The smallest absolute Gasteiger partial charge is 0.242 e. The number of sulfone groups is 1. The first-order valence-corrected chi connectivity index (χ1v) is 20.2. The molecule has 18 heteroatoms. The second-order valence-electron chi connectivity index (χ2n) is 13.6. The minimum absolute atomic E-state index is 0.00463. The van der Waals surface area contributed by atoms with Crippen LogP contribution in [-0.4, -0.2) is 68.8 Å². The van der Waals surface area contributed by atoms with E-state index in [9.17, 15) is 30.4 Å². The van der Waals surface area contributed by atoms with Gasteiger partial charge in [0.15, 0.2) is 15.7 Å². The topological polar surface area (TPSA) is 171 Å². The van der Waals surface area contributed by atoms with Crippen LogP contribution in [0, 0.1) is 11.6 Å². The van der Waals surface area contributed by atoms with Crippen LogP contribution in [0.1, 0.15) is 56.1 Å². The molecule has 0 bridgehead atoms. The number of hydrogen-bond donors (Lipinski definition) is 2. The summed E-state index contributed by atoms with van der Waals surface area (Å²) in [7, 11) is -5.51. The summed E-state index contributed by atoms with van der Waals surface area (Å²) in [5.41, 5.74) is 2.50. The minimum atomic E-state index is -3.74. The molecular weight excluding hydrogens is 738 g/mol. The number of benzene rings is 2. The molecule has 1 fully saturated rings. The zero-order valence-electron chi connectivity index (χ0n) is 28.8. The van der Waals surface area contributed by atoms with E-state index < -0.39 is 48.2 Å². The molecule has 276 valence electrons. The number of fused-ring (bicyclic) bond motifs is 1. The van der Waals surface area contributed by atoms with Crippen molar-refractivity contribution in [2.24, 2.45) is 7.05 Å². The summed E-state index contributed by atoms with van der Waals surface area (Å²) >= 11 is 6.62. The van der Waals surface area contributed by atoms with E-state index in [-0.39, 0.29) is 47.5 Å². The molecule has 1 aliphatic carbocycles. The van der Waals surface area contributed by atoms with Crippen molar-refractivity contribution in [2.45, 2.75) is 68.5 Å². The summed E-state index contributed by atoms with van der Waals surface area (Å²) in [6.07, 6.45) is 5.65. The van der Waals surface area contributed by atoms with Crippen molar-refractivity contribution in [1.29, 1.82) is 0 Å². The summed E-state index contributed by atoms with van der Waals surface area (Å²) in [4.78, 5) is 18.5. The lowest BCUT2D eigenvalue weighted by atomic mass is 9.93. The third-order valence-electron chi connectivity index (χ3n) is 9.01. The van der Waals surface area contributed by atoms with Crippen molar-refractivity contribution in [3.8, 4) is 11.1 Å². The molecule has 2 N–H and O–H groups in total. The first-order chi connectivity index (χ1) is 24.4. The van der Waals surface area contributed by atoms with E-state index in [2.05, 4.69) is 25.4 Å². The van der Waals surface area contributed by atoms with Crippen LogP contribution in [0.2, 0.25) is 5.02 Å². The number of halogens is 3. The molecule has 1 amide bonds. The van der Waals surface area contributed by atoms with Gasteiger partial charge in [0, 0.05) is 36.1 Å². The lowest BCUT2D eigenvalue weighted by Crippen LogP contribution is -2.35. The Balaban J connectivity index is 1.51. The summed E-state index contributed by atoms with van der Waals surface area (Å²) in [6.45, 7) is 3.19. The first kappa shape index (κ1) is 37.3. The van der Waals surface area contributed by atoms with E-state index in [0.717, 1.165) is 12.3 Å². The van der Waals surface area contributed by atoms with Crippen LogP contribution in [0.5, 0.6) is 0 Å². The fourth-order valence-electron chi connectivity index (χ4n) is 6.28. The third kappa shape index (κ3) is 8.10. The van der Waals surface area contributed by atoms with Gasteiger partial charge in [0.2, 0.25) is 15.9 Å². The highest BCUT2D eigenvalue weighted by atomic mass is 35.5. The van der Waals surface area contributed by atoms with Crippen LogP contribution in [0.4, 0.5) is 14.6 Å². The van der Waals surface area contributed by atoms with Crippen LogP contribution < -0.4 is 10.0 Å². The molecule has 6 rings (SSSR count). The van der Waals surface area contributed by atoms with Crippen molar-refractivity contribution in [2.75, 3.05) is 11.0 Å². The maximum Gasteiger partial charge on any atom is 0.242 e. The van der Waals surface area contributed by atoms with E-state index in [1.165, 1.54) is 33.9 Å². The summed E-state index contributed by atoms with van der Waals surface area (Å²) in [5.74, 6) is -2.10. The maximum atomic E-state index is 14.5. The van der Waals surface area contributed by atoms with Gasteiger partial charge in [-0.3, -0.25) is 19.2 Å². The highest BCUT2D eigenvalue weighted by molar-refractivity contribution is 7.93. The van der Waals surface area contributed by atoms with Crippen LogP contribution in [0.3, 0.4) is 0 Å². The zero-order chi connectivity index (χ0) is 37.6. The van der Waals surface area contributed by atoms with Gasteiger partial charge >= 0.3 is 0 Å². The average molecular weight is 775 g/mol. The molecule has 13 nitrogen and oxygen atoms in total. The van der Waals surface area contributed by atoms with Crippen LogP contribution in [0.15, 0.2) is 54.9 Å². The van der Waals surface area contributed by atoms with Crippen molar-refractivity contribution >= 4 is 54.1 Å². The predicted octanol–water partition coefficient (Wildman–Crippen LogP) is 4.92. The van der Waals surface area contributed by atoms with Gasteiger partial charge < -0.3 is 5.32 Å². The highest BCUT2D eigenvalue weighted by Crippen LogP contribution is 2.41. The number of anilines is 1. The van der Waals surface area contributed by atoms with Crippen molar-refractivity contribution in [3.63, 3.8) is 0 Å². The lowest BCUT2D eigenvalue weighted by molar-refractivity contribution is -0.122. The number of sulfonamides is 1. The van der Waals surface area contributed by atoms with Crippen molar-refractivity contribution in [1.82, 2.24) is 35.1 Å². The van der Waals surface area contributed by atoms with Crippen LogP contribution in [-0.2, 0) is 51.1 Å². The molecule has 52 heavy (non-hydrogen) atoms. The van der Waals surface area contributed by atoms with Gasteiger partial charge in [0.25, 0.3) is 0 Å². The summed E-state index contributed by atoms with van der Waals surface area (Å²) in [6, 6.07) is 8.90. The molecule has 1 aliphatic rings. The Morgan fingerprint density at radius 2 is 1.75 bits per heavy atom. The first-order valence-electron chi connectivity index (χ1n) is 16.4. The Kier molecular flexibility index (Phi) is 10.1. The molecule has 1 saturated carbocycles. The lowest BCUT2D eigenvalue weighted by Gasteiger charge is -2.26. The minimum Gasteiger partial charge on any atom is -0.346 e. The molecule has 3 aromatic heterocycles. The van der Waals surface area contributed by atoms with E-state index in [1.54, 1.807) is 45.2 Å². The van der Waals surface area contributed by atoms with E-state index in [4.69, 9.17) is 16.6 Å². The molecular formula is C34H37ClF2N8O5S2. The number of aryl methyl sites for hydroxylation is 2. The van der Waals surface area contributed by atoms with Crippen molar-refractivity contribution in [3.05, 3.63) is 88.5 Å². The molecule has 0 saturated heterocycles. The Labute approximate surface area is 304 Å². The normalized spacial score (nSPS) is 14.4. The van der Waals surface area contributed by atoms with Crippen LogP contribution >= 0.6 is 11.6 Å². The largest absolute Gasteiger partial charge is 0.346 e. The van der Waals surface area contributed by atoms with Crippen LogP contribution in [0.25, 0.3) is 22.0 Å². The Hall–Kier alpha value is -4.48. The standard InChI is InChI=1S/C34H37ClF2N8O5S2/c1-34(2,52(49,50)24-6-7-24)12-11-23-5-8-25(26-9-10-27(35)30-32(26)44(3)41-33(30)42-51(4,47)48)31(39-23)28(17-20-15-21(36)18-22(37)16-20)40-29(46)19-45-14-13-38-43-45/h5,8-10,13-16,18,24,28H,6-7,11-12,17,19H2,1-4H3,(H,40,46)(H,41,42)/t28-/m0/s1. The molecule has 1 atom stereocenters. The van der Waals surface area contributed by atoms with E-state index >= 15 is 0 Å². The fourth-order valence-corrected chi connectivity index (χ4v) is 9.06. The molecule has 0 aliphatic heterocycles. The summed E-state index contributed by atoms with van der Waals surface area (Å²) < 4.78 is 84.0. The predicted molar refractivity (Wildman–Crippen MR) is 193 cm³/mol. The zero-order valence-corrected chi connectivity index (χ0v) is 31.2. The van der Waals surface area contributed by atoms with Gasteiger partial charge in [-0.25, -0.2) is 30.3 Å². The second kappa shape index (κ2) is 14.2. The molecule has 0 spiro atoms. The van der Waals surface area contributed by atoms with Gasteiger partial charge in [-0.15, -0.1) is 5.10 Å². The SMILES string of the molecule is Cn1nc(NS(C)(=O)=O)c2c(Cl)ccc(-c3ccc(CCC(C)(C)S(=O)(=O)C4CC4)nc3[C@H](Cc3cc(F)cc(F)c3)NC(=O)Cn3ccnn3)c21. The summed E-state index contributed by atoms with van der Waals surface area (Å²) in [5, 5.41) is 15.1. The number of carbonyl (C=O) groups excluding carboxylic acids is 1. The van der Waals surface area contributed by atoms with Crippen molar-refractivity contribution < 1.29 is 30.4 Å². The van der Waals surface area contributed by atoms with Gasteiger partial charge in [0.05, 0.1) is 50.1 Å². The third-order valence-corrected chi connectivity index (χ3v) is 13.0. The molecule has 0 unspecified atom stereocenters. The number of hydrogen-bond acceptors (Lipinski definition) is 9. The van der Waals surface area contributed by atoms with Gasteiger partial charge in [-0.05, 0) is 75.8 Å². The average Bonchev–Trinajstić information content (AvgIpc) is 3.71. The molecule has 3 heterocycles. The number of rotatable bonds is 14. The highest BCUT2D eigenvalue weighted by Gasteiger charge is 2.45. The van der Waals surface area contributed by atoms with E-state index in [0.29, 0.717) is 46.3 Å². The number of nitrogens with zero attached hydrogens (tertiary/aromatic N) is 6. The fraction of sp³-hybridized carbons (Fsp3) is 0.382. The van der Waals surface area contributed by atoms with Gasteiger partial charge in [-0.2, -0.15) is 5.10 Å². The second-order valence-corrected chi connectivity index (χ2v) is 18.6. The monoisotopic (exact) mass is 774 g/mol. The Morgan fingerprint density at radius 1 is 1.06 bits per heavy atom. The Bertz CT molecular complexity index is 2360. The Morgan fingerprint density at radius 3 is 2.38 bits per heavy atom.